The van der Waals surface area contributed by atoms with Gasteiger partial charge in [-0.25, -0.2) is 18.1 Å². The molecule has 1 amide bonds. The van der Waals surface area contributed by atoms with Crippen LogP contribution < -0.4 is 10.0 Å². The third-order valence-electron chi connectivity index (χ3n) is 4.55. The molecule has 0 bridgehead atoms. The fourth-order valence-corrected chi connectivity index (χ4v) is 4.35. The van der Waals surface area contributed by atoms with Gasteiger partial charge in [-0.3, -0.25) is 14.5 Å². The minimum atomic E-state index is -3.65. The second-order valence-corrected chi connectivity index (χ2v) is 8.72. The van der Waals surface area contributed by atoms with Crippen LogP contribution in [0.3, 0.4) is 0 Å². The first-order valence-electron chi connectivity index (χ1n) is 9.10. The maximum Gasteiger partial charge on any atom is 0.263 e. The Morgan fingerprint density at radius 2 is 1.97 bits per heavy atom. The number of hydrogen-bond acceptors (Lipinski definition) is 6. The second kappa shape index (κ2) is 6.96. The molecule has 0 saturated carbocycles. The molecule has 2 N–H and O–H groups in total. The van der Waals surface area contributed by atoms with Gasteiger partial charge >= 0.3 is 0 Å². The number of aromatic nitrogens is 3. The van der Waals surface area contributed by atoms with Gasteiger partial charge in [-0.15, -0.1) is 0 Å². The molecule has 150 valence electrons. The quantitative estimate of drug-likeness (QED) is 0.680. The molecule has 3 heterocycles. The van der Waals surface area contributed by atoms with Crippen molar-refractivity contribution in [3.63, 3.8) is 0 Å². The summed E-state index contributed by atoms with van der Waals surface area (Å²) in [6.07, 6.45) is 3.26. The predicted octanol–water partition coefficient (Wildman–Crippen LogP) is 2.08. The van der Waals surface area contributed by atoms with Crippen LogP contribution in [0.15, 0.2) is 52.6 Å². The fourth-order valence-electron chi connectivity index (χ4n) is 3.12. The first kappa shape index (κ1) is 19.1. The fraction of sp³-hybridized carbons (Fsp3) is 0.263. The third kappa shape index (κ3) is 3.46. The number of benzene rings is 1. The van der Waals surface area contributed by atoms with E-state index in [4.69, 9.17) is 0 Å². The van der Waals surface area contributed by atoms with Gasteiger partial charge in [0.2, 0.25) is 5.91 Å². The van der Waals surface area contributed by atoms with Crippen molar-refractivity contribution in [2.45, 2.75) is 37.8 Å². The summed E-state index contributed by atoms with van der Waals surface area (Å²) in [5.74, 6) is -0.214. The Morgan fingerprint density at radius 3 is 2.72 bits per heavy atom. The second-order valence-electron chi connectivity index (χ2n) is 7.06. The van der Waals surface area contributed by atoms with Crippen LogP contribution in [0.25, 0.3) is 11.0 Å². The highest BCUT2D eigenvalue weighted by Gasteiger charge is 2.31. The van der Waals surface area contributed by atoms with E-state index in [1.807, 2.05) is 13.8 Å². The van der Waals surface area contributed by atoms with Gasteiger partial charge in [-0.05, 0) is 39.0 Å². The molecular formula is C19H20N6O3S. The van der Waals surface area contributed by atoms with Gasteiger partial charge < -0.3 is 5.32 Å². The van der Waals surface area contributed by atoms with Crippen LogP contribution in [0.1, 0.15) is 32.4 Å². The number of nitrogens with one attached hydrogen (secondary N) is 2. The number of hydrogen-bond donors (Lipinski definition) is 2. The summed E-state index contributed by atoms with van der Waals surface area (Å²) < 4.78 is 28.5. The lowest BCUT2D eigenvalue weighted by atomic mass is 10.2. The first-order chi connectivity index (χ1) is 13.8. The minimum absolute atomic E-state index is 0.156. The van der Waals surface area contributed by atoms with Crippen LogP contribution in [0, 0.1) is 0 Å². The molecule has 1 atom stereocenters. The molecular weight excluding hydrogens is 392 g/mol. The molecule has 0 fully saturated rings. The van der Waals surface area contributed by atoms with E-state index in [2.05, 4.69) is 25.1 Å². The van der Waals surface area contributed by atoms with Gasteiger partial charge in [0.15, 0.2) is 5.65 Å². The van der Waals surface area contributed by atoms with Crippen LogP contribution in [0.2, 0.25) is 0 Å². The van der Waals surface area contributed by atoms with E-state index in [1.165, 1.54) is 6.07 Å². The monoisotopic (exact) mass is 412 g/mol. The molecule has 3 aromatic rings. The van der Waals surface area contributed by atoms with Crippen molar-refractivity contribution in [2.75, 3.05) is 5.32 Å². The van der Waals surface area contributed by atoms with E-state index >= 15 is 0 Å². The smallest absolute Gasteiger partial charge is 0.263 e. The van der Waals surface area contributed by atoms with Crippen molar-refractivity contribution in [3.05, 3.63) is 48.3 Å². The number of amidine groups is 1. The number of nitrogens with zero attached hydrogens (tertiary/aromatic N) is 4. The highest BCUT2D eigenvalue weighted by molar-refractivity contribution is 7.90. The predicted molar refractivity (Wildman–Crippen MR) is 109 cm³/mol. The highest BCUT2D eigenvalue weighted by atomic mass is 32.2. The lowest BCUT2D eigenvalue weighted by Gasteiger charge is -2.10. The lowest BCUT2D eigenvalue weighted by Crippen LogP contribution is -2.28. The summed E-state index contributed by atoms with van der Waals surface area (Å²) >= 11 is 0. The molecule has 1 aromatic carbocycles. The van der Waals surface area contributed by atoms with E-state index in [0.717, 1.165) is 11.0 Å². The Kier molecular flexibility index (Phi) is 4.58. The number of anilines is 1. The number of amides is 1. The maximum absolute atomic E-state index is 12.6. The number of carbonyl (C=O) groups excluding carboxylic acids is 1. The Balaban J connectivity index is 1.55. The number of pyridine rings is 1. The molecule has 1 aliphatic rings. The van der Waals surface area contributed by atoms with Crippen molar-refractivity contribution < 1.29 is 13.2 Å². The molecule has 0 aliphatic carbocycles. The number of carbonyl (C=O) groups is 1. The molecule has 29 heavy (non-hydrogen) atoms. The van der Waals surface area contributed by atoms with E-state index in [-0.39, 0.29) is 22.7 Å². The van der Waals surface area contributed by atoms with Gasteiger partial charge in [-0.2, -0.15) is 5.10 Å². The van der Waals surface area contributed by atoms with Crippen molar-refractivity contribution in [1.82, 2.24) is 19.5 Å². The molecule has 10 heteroatoms. The van der Waals surface area contributed by atoms with E-state index in [9.17, 15) is 13.2 Å². The summed E-state index contributed by atoms with van der Waals surface area (Å²) in [6, 6.07) is 7.67. The number of fused-ring (bicyclic) bond motifs is 2. The van der Waals surface area contributed by atoms with Crippen molar-refractivity contribution >= 4 is 38.5 Å². The third-order valence-corrected chi connectivity index (χ3v) is 5.95. The van der Waals surface area contributed by atoms with Crippen LogP contribution in [0.4, 0.5) is 5.69 Å². The SMILES string of the molecule is CC(C)n1ncc2cc(NC(=O)[C@H](C)N=C3NS(=O)(=O)c4ccccc43)cnc21. The van der Waals surface area contributed by atoms with Gasteiger partial charge in [-0.1, -0.05) is 12.1 Å². The van der Waals surface area contributed by atoms with Gasteiger partial charge in [0, 0.05) is 17.0 Å². The Hall–Kier alpha value is -3.27. The maximum atomic E-state index is 12.6. The van der Waals surface area contributed by atoms with Gasteiger partial charge in [0.05, 0.1) is 23.0 Å². The minimum Gasteiger partial charge on any atom is -0.323 e. The molecule has 0 spiro atoms. The Bertz CT molecular complexity index is 1250. The average Bonchev–Trinajstić information content (AvgIpc) is 3.20. The van der Waals surface area contributed by atoms with Crippen LogP contribution in [-0.4, -0.2) is 41.0 Å². The number of rotatable bonds is 4. The van der Waals surface area contributed by atoms with Crippen molar-refractivity contribution in [3.8, 4) is 0 Å². The standard InChI is InChI=1S/C19H20N6O3S/c1-11(2)25-18-13(9-21-25)8-14(10-20-18)23-19(26)12(3)22-17-15-6-4-5-7-16(15)29(27,28)24-17/h4-12H,1-3H3,(H,22,24)(H,23,26)/t12-/m0/s1. The average molecular weight is 412 g/mol. The lowest BCUT2D eigenvalue weighted by molar-refractivity contribution is -0.117. The summed E-state index contributed by atoms with van der Waals surface area (Å²) in [5.41, 5.74) is 1.71. The Labute approximate surface area is 167 Å². The molecule has 2 aromatic heterocycles. The largest absolute Gasteiger partial charge is 0.323 e. The van der Waals surface area contributed by atoms with Crippen molar-refractivity contribution in [1.29, 1.82) is 0 Å². The highest BCUT2D eigenvalue weighted by Crippen LogP contribution is 2.23. The van der Waals surface area contributed by atoms with Crippen LogP contribution in [-0.2, 0) is 14.8 Å². The zero-order valence-electron chi connectivity index (χ0n) is 16.1. The molecule has 1 aliphatic heterocycles. The number of sulfonamides is 1. The van der Waals surface area contributed by atoms with Gasteiger partial charge in [0.1, 0.15) is 11.9 Å². The van der Waals surface area contributed by atoms with Crippen LogP contribution in [0.5, 0.6) is 0 Å². The zero-order valence-corrected chi connectivity index (χ0v) is 16.9. The first-order valence-corrected chi connectivity index (χ1v) is 10.6. The number of aliphatic imine (C=N–C) groups is 1. The van der Waals surface area contributed by atoms with Crippen molar-refractivity contribution in [2.24, 2.45) is 4.99 Å². The van der Waals surface area contributed by atoms with E-state index in [1.54, 1.807) is 48.3 Å². The van der Waals surface area contributed by atoms with Gasteiger partial charge in [0.25, 0.3) is 10.0 Å². The van der Waals surface area contributed by atoms with E-state index < -0.39 is 16.1 Å². The Morgan fingerprint density at radius 1 is 1.21 bits per heavy atom. The zero-order chi connectivity index (χ0) is 20.8. The summed E-state index contributed by atoms with van der Waals surface area (Å²) in [7, 11) is -3.65. The van der Waals surface area contributed by atoms with Crippen LogP contribution >= 0.6 is 0 Å². The summed E-state index contributed by atoms with van der Waals surface area (Å²) in [6.45, 7) is 5.63. The molecule has 0 saturated heterocycles. The molecule has 0 unspecified atom stereocenters. The molecule has 0 radical (unpaired) electrons. The summed E-state index contributed by atoms with van der Waals surface area (Å²) in [5, 5.41) is 7.89. The molecule has 4 rings (SSSR count). The van der Waals surface area contributed by atoms with E-state index in [0.29, 0.717) is 11.3 Å². The normalized spacial score (nSPS) is 17.3. The summed E-state index contributed by atoms with van der Waals surface area (Å²) in [4.78, 5) is 21.4. The topological polar surface area (TPSA) is 118 Å². The molecule has 9 nitrogen and oxygen atoms in total.